The van der Waals surface area contributed by atoms with Crippen LogP contribution in [0.4, 0.5) is 5.69 Å². The van der Waals surface area contributed by atoms with Gasteiger partial charge in [-0.05, 0) is 60.6 Å². The molecule has 176 valence electrons. The monoisotopic (exact) mass is 474 g/mol. The summed E-state index contributed by atoms with van der Waals surface area (Å²) in [6, 6.07) is 13.9. The van der Waals surface area contributed by atoms with Crippen molar-refractivity contribution in [2.75, 3.05) is 25.5 Å². The Morgan fingerprint density at radius 2 is 1.88 bits per heavy atom. The van der Waals surface area contributed by atoms with Crippen molar-refractivity contribution in [1.82, 2.24) is 4.90 Å². The van der Waals surface area contributed by atoms with Gasteiger partial charge in [-0.1, -0.05) is 42.1 Å². The molecule has 1 heterocycles. The zero-order chi connectivity index (χ0) is 24.1. The van der Waals surface area contributed by atoms with Crippen LogP contribution in [0.2, 0.25) is 0 Å². The van der Waals surface area contributed by atoms with Gasteiger partial charge in [0.05, 0.1) is 11.5 Å². The number of ketones is 1. The van der Waals surface area contributed by atoms with Crippen LogP contribution < -0.4 is 4.90 Å². The van der Waals surface area contributed by atoms with Gasteiger partial charge in [-0.2, -0.15) is 5.10 Å². The number of carbonyl (C=O) groups is 2. The molecule has 2 aromatic carbocycles. The molecule has 0 spiro atoms. The third-order valence-electron chi connectivity index (χ3n) is 6.13. The van der Waals surface area contributed by atoms with Crippen molar-refractivity contribution in [3.8, 4) is 0 Å². The van der Waals surface area contributed by atoms with E-state index in [0.717, 1.165) is 30.5 Å². The number of amides is 1. The number of benzene rings is 2. The number of fused-ring (bicyclic) bond motifs is 1. The first kappa shape index (κ1) is 24.0. The number of thioether (sulfide) groups is 1. The highest BCUT2D eigenvalue weighted by Gasteiger charge is 2.38. The molecular formula is C27H30N4O2S. The summed E-state index contributed by atoms with van der Waals surface area (Å²) in [4.78, 5) is 29.6. The summed E-state index contributed by atoms with van der Waals surface area (Å²) in [6.07, 6.45) is 7.94. The van der Waals surface area contributed by atoms with Gasteiger partial charge in [-0.3, -0.25) is 14.5 Å². The molecule has 2 aliphatic rings. The Morgan fingerprint density at radius 1 is 1.15 bits per heavy atom. The smallest absolute Gasteiger partial charge is 0.242 e. The maximum absolute atomic E-state index is 13.0. The highest BCUT2D eigenvalue weighted by atomic mass is 32.2. The second kappa shape index (κ2) is 10.8. The standard InChI is InChI=1S/C27H30N4O2S/c1-4-15-31-26(33)25(17-24(32)22-12-11-20-7-5-6-8-21(20)16-22)34-27(31)29-28-18-19-9-13-23(14-10-19)30(2)3/h4,9-14,16,18,25H,1,5-8,15,17H2,2-3H3/b28-18-,29-27-/t25-/m1/s1. The Hall–Kier alpha value is -3.19. The van der Waals surface area contributed by atoms with Crippen LogP contribution in [-0.4, -0.2) is 53.9 Å². The summed E-state index contributed by atoms with van der Waals surface area (Å²) in [5.41, 5.74) is 5.32. The van der Waals surface area contributed by atoms with Crippen LogP contribution in [0.5, 0.6) is 0 Å². The Kier molecular flexibility index (Phi) is 7.63. The Bertz CT molecular complexity index is 1140. The van der Waals surface area contributed by atoms with E-state index in [2.05, 4.69) is 22.8 Å². The van der Waals surface area contributed by atoms with Crippen LogP contribution in [0.15, 0.2) is 65.3 Å². The van der Waals surface area contributed by atoms with Crippen LogP contribution in [0.1, 0.15) is 46.3 Å². The third kappa shape index (κ3) is 5.47. The highest BCUT2D eigenvalue weighted by molar-refractivity contribution is 8.15. The molecule has 6 nitrogen and oxygen atoms in total. The quantitative estimate of drug-likeness (QED) is 0.240. The molecule has 7 heteroatoms. The lowest BCUT2D eigenvalue weighted by Crippen LogP contribution is -2.32. The number of anilines is 1. The normalized spacial score (nSPS) is 19.0. The van der Waals surface area contributed by atoms with Gasteiger partial charge in [-0.15, -0.1) is 11.7 Å². The number of aryl methyl sites for hydroxylation is 2. The van der Waals surface area contributed by atoms with E-state index in [1.54, 1.807) is 17.2 Å². The fraction of sp³-hybridized carbons (Fsp3) is 0.333. The number of nitrogens with zero attached hydrogens (tertiary/aromatic N) is 4. The number of rotatable bonds is 8. The fourth-order valence-electron chi connectivity index (χ4n) is 4.21. The number of hydrogen-bond acceptors (Lipinski definition) is 6. The van der Waals surface area contributed by atoms with Gasteiger partial charge >= 0.3 is 0 Å². The van der Waals surface area contributed by atoms with Gasteiger partial charge in [0.15, 0.2) is 11.0 Å². The molecule has 2 aromatic rings. The number of hydrogen-bond donors (Lipinski definition) is 0. The molecule has 4 rings (SSSR count). The van der Waals surface area contributed by atoms with Crippen molar-refractivity contribution in [3.05, 3.63) is 77.4 Å². The van der Waals surface area contributed by atoms with Gasteiger partial charge in [0, 0.05) is 38.3 Å². The van der Waals surface area contributed by atoms with Gasteiger partial charge in [0.1, 0.15) is 0 Å². The molecule has 0 saturated carbocycles. The SMILES string of the molecule is C=CCN1C(=O)[C@@H](CC(=O)c2ccc3c(c2)CCCC3)S/C1=N\N=C/c1ccc(N(C)C)cc1. The minimum atomic E-state index is -0.503. The van der Waals surface area contributed by atoms with E-state index >= 15 is 0 Å². The second-order valence-electron chi connectivity index (χ2n) is 8.78. The van der Waals surface area contributed by atoms with E-state index in [1.807, 2.05) is 55.4 Å². The fourth-order valence-corrected chi connectivity index (χ4v) is 5.31. The van der Waals surface area contributed by atoms with Crippen LogP contribution in [0.3, 0.4) is 0 Å². The second-order valence-corrected chi connectivity index (χ2v) is 9.94. The zero-order valence-corrected chi connectivity index (χ0v) is 20.6. The van der Waals surface area contributed by atoms with Crippen LogP contribution >= 0.6 is 11.8 Å². The molecule has 1 saturated heterocycles. The minimum Gasteiger partial charge on any atom is -0.378 e. The maximum atomic E-state index is 13.0. The van der Waals surface area contributed by atoms with Crippen LogP contribution in [0, 0.1) is 0 Å². The number of carbonyl (C=O) groups excluding carboxylic acids is 2. The molecule has 1 fully saturated rings. The van der Waals surface area contributed by atoms with Gasteiger partial charge in [-0.25, -0.2) is 0 Å². The lowest BCUT2D eigenvalue weighted by Gasteiger charge is -2.16. The lowest BCUT2D eigenvalue weighted by molar-refractivity contribution is -0.125. The third-order valence-corrected chi connectivity index (χ3v) is 7.30. The Morgan fingerprint density at radius 3 is 2.59 bits per heavy atom. The summed E-state index contributed by atoms with van der Waals surface area (Å²) >= 11 is 1.30. The average molecular weight is 475 g/mol. The molecule has 0 unspecified atom stereocenters. The van der Waals surface area contributed by atoms with E-state index in [1.165, 1.54) is 29.3 Å². The predicted octanol–water partition coefficient (Wildman–Crippen LogP) is 4.72. The Balaban J connectivity index is 1.45. The first-order chi connectivity index (χ1) is 16.5. The van der Waals surface area contributed by atoms with Crippen LogP contribution in [0.25, 0.3) is 0 Å². The first-order valence-corrected chi connectivity index (χ1v) is 12.5. The van der Waals surface area contributed by atoms with E-state index < -0.39 is 5.25 Å². The summed E-state index contributed by atoms with van der Waals surface area (Å²) in [7, 11) is 3.98. The highest BCUT2D eigenvalue weighted by Crippen LogP contribution is 2.31. The number of amidine groups is 1. The minimum absolute atomic E-state index is 0.0106. The maximum Gasteiger partial charge on any atom is 0.242 e. The molecular weight excluding hydrogens is 444 g/mol. The van der Waals surface area contributed by atoms with E-state index in [9.17, 15) is 9.59 Å². The van der Waals surface area contributed by atoms with E-state index in [0.29, 0.717) is 17.3 Å². The van der Waals surface area contributed by atoms with Crippen molar-refractivity contribution in [2.45, 2.75) is 37.4 Å². The molecule has 0 bridgehead atoms. The van der Waals surface area contributed by atoms with Crippen molar-refractivity contribution in [3.63, 3.8) is 0 Å². The first-order valence-electron chi connectivity index (χ1n) is 11.6. The van der Waals surface area contributed by atoms with Gasteiger partial charge < -0.3 is 4.90 Å². The molecule has 1 aliphatic heterocycles. The molecule has 34 heavy (non-hydrogen) atoms. The van der Waals surface area contributed by atoms with Crippen molar-refractivity contribution < 1.29 is 9.59 Å². The lowest BCUT2D eigenvalue weighted by atomic mass is 9.89. The Labute approximate surface area is 205 Å². The largest absolute Gasteiger partial charge is 0.378 e. The predicted molar refractivity (Wildman–Crippen MR) is 141 cm³/mol. The molecule has 1 amide bonds. The molecule has 1 aliphatic carbocycles. The van der Waals surface area contributed by atoms with Crippen molar-refractivity contribution in [2.24, 2.45) is 10.2 Å². The molecule has 0 aromatic heterocycles. The van der Waals surface area contributed by atoms with E-state index in [-0.39, 0.29) is 18.1 Å². The van der Waals surface area contributed by atoms with Crippen molar-refractivity contribution in [1.29, 1.82) is 0 Å². The molecule has 0 N–H and O–H groups in total. The summed E-state index contributed by atoms with van der Waals surface area (Å²) in [6.45, 7) is 4.08. The summed E-state index contributed by atoms with van der Waals surface area (Å²) in [5.74, 6) is -0.135. The van der Waals surface area contributed by atoms with Gasteiger partial charge in [0.2, 0.25) is 5.91 Å². The van der Waals surface area contributed by atoms with Crippen molar-refractivity contribution >= 4 is 40.5 Å². The molecule has 1 atom stereocenters. The van der Waals surface area contributed by atoms with E-state index in [4.69, 9.17) is 0 Å². The topological polar surface area (TPSA) is 65.3 Å². The van der Waals surface area contributed by atoms with Crippen LogP contribution in [-0.2, 0) is 17.6 Å². The molecule has 0 radical (unpaired) electrons. The number of Topliss-reactive ketones (excluding diaryl/α,β-unsaturated/α-hetero) is 1. The average Bonchev–Trinajstić information content (AvgIpc) is 3.13. The van der Waals surface area contributed by atoms with Gasteiger partial charge in [0.25, 0.3) is 0 Å². The summed E-state index contributed by atoms with van der Waals surface area (Å²) in [5, 5.41) is 8.49. The zero-order valence-electron chi connectivity index (χ0n) is 19.7. The summed E-state index contributed by atoms with van der Waals surface area (Å²) < 4.78 is 0.